The van der Waals surface area contributed by atoms with Gasteiger partial charge in [0.15, 0.2) is 0 Å². The Morgan fingerprint density at radius 2 is 2.00 bits per heavy atom. The molecule has 3 aromatic heterocycles. The first kappa shape index (κ1) is 13.7. The first-order valence-corrected chi connectivity index (χ1v) is 8.34. The highest BCUT2D eigenvalue weighted by Gasteiger charge is 2.14. The molecule has 20 heavy (non-hydrogen) atoms. The molecule has 0 aliphatic heterocycles. The van der Waals surface area contributed by atoms with E-state index in [1.807, 2.05) is 12.4 Å². The average molecular weight is 303 g/mol. The molecule has 0 aliphatic rings. The number of fused-ring (bicyclic) bond motifs is 1. The zero-order valence-corrected chi connectivity index (χ0v) is 13.4. The normalized spacial score (nSPS) is 14.6. The highest BCUT2D eigenvalue weighted by Crippen LogP contribution is 2.25. The molecule has 3 rings (SSSR count). The molecule has 3 heterocycles. The molecule has 2 unspecified atom stereocenters. The van der Waals surface area contributed by atoms with Gasteiger partial charge in [0.05, 0.1) is 16.3 Å². The predicted molar refractivity (Wildman–Crippen MR) is 86.4 cm³/mol. The van der Waals surface area contributed by atoms with Gasteiger partial charge in [0, 0.05) is 23.3 Å². The third-order valence-electron chi connectivity index (χ3n) is 3.33. The molecule has 1 N–H and O–H groups in total. The fraction of sp³-hybridized carbons (Fsp3) is 0.333. The van der Waals surface area contributed by atoms with Crippen molar-refractivity contribution in [1.29, 1.82) is 0 Å². The largest absolute Gasteiger partial charge is 0.301 e. The van der Waals surface area contributed by atoms with Gasteiger partial charge in [-0.25, -0.2) is 4.98 Å². The Bertz CT molecular complexity index is 717. The first-order chi connectivity index (χ1) is 9.63. The summed E-state index contributed by atoms with van der Waals surface area (Å²) in [5.74, 6) is 0. The Balaban J connectivity index is 1.76. The van der Waals surface area contributed by atoms with Crippen LogP contribution in [-0.4, -0.2) is 9.97 Å². The monoisotopic (exact) mass is 303 g/mol. The molecule has 0 amide bonds. The lowest BCUT2D eigenvalue weighted by Gasteiger charge is -2.18. The molecule has 3 nitrogen and oxygen atoms in total. The highest BCUT2D eigenvalue weighted by molar-refractivity contribution is 7.17. The molecule has 5 heteroatoms. The summed E-state index contributed by atoms with van der Waals surface area (Å²) < 4.78 is 1.24. The van der Waals surface area contributed by atoms with Crippen LogP contribution in [0.15, 0.2) is 29.9 Å². The van der Waals surface area contributed by atoms with E-state index in [-0.39, 0.29) is 12.1 Å². The summed E-state index contributed by atoms with van der Waals surface area (Å²) in [6, 6.07) is 4.80. The van der Waals surface area contributed by atoms with Crippen molar-refractivity contribution >= 4 is 32.9 Å². The summed E-state index contributed by atoms with van der Waals surface area (Å²) in [4.78, 5) is 10.2. The van der Waals surface area contributed by atoms with Crippen LogP contribution in [0.2, 0.25) is 0 Å². The molecule has 0 radical (unpaired) electrons. The van der Waals surface area contributed by atoms with Gasteiger partial charge in [-0.05, 0) is 43.8 Å². The van der Waals surface area contributed by atoms with Gasteiger partial charge in [-0.15, -0.1) is 22.7 Å². The Hall–Kier alpha value is -1.30. The molecule has 104 valence electrons. The second-order valence-corrected chi connectivity index (χ2v) is 7.21. The van der Waals surface area contributed by atoms with Crippen molar-refractivity contribution in [2.24, 2.45) is 0 Å². The zero-order valence-electron chi connectivity index (χ0n) is 11.8. The van der Waals surface area contributed by atoms with Crippen molar-refractivity contribution in [3.8, 4) is 0 Å². The van der Waals surface area contributed by atoms with Crippen LogP contribution in [0.1, 0.15) is 41.4 Å². The Kier molecular flexibility index (Phi) is 3.83. The first-order valence-electron chi connectivity index (χ1n) is 6.65. The zero-order chi connectivity index (χ0) is 14.1. The van der Waals surface area contributed by atoms with Crippen LogP contribution in [0.3, 0.4) is 0 Å². The van der Waals surface area contributed by atoms with E-state index in [1.165, 1.54) is 15.1 Å². The van der Waals surface area contributed by atoms with E-state index >= 15 is 0 Å². The number of pyridine rings is 1. The summed E-state index contributed by atoms with van der Waals surface area (Å²) >= 11 is 3.49. The van der Waals surface area contributed by atoms with Gasteiger partial charge in [0.2, 0.25) is 0 Å². The van der Waals surface area contributed by atoms with Crippen LogP contribution in [-0.2, 0) is 0 Å². The standard InChI is InChI=1S/C15H17N3S2/c1-9-7-17-15(20-9)11(3)18-10(2)12-6-14-13(16-8-12)4-5-19-14/h4-8,10-11,18H,1-3H3. The van der Waals surface area contributed by atoms with E-state index in [1.54, 1.807) is 22.7 Å². The maximum atomic E-state index is 4.50. The van der Waals surface area contributed by atoms with Gasteiger partial charge in [0.1, 0.15) is 5.01 Å². The molecule has 0 bridgehead atoms. The third-order valence-corrected chi connectivity index (χ3v) is 5.28. The summed E-state index contributed by atoms with van der Waals surface area (Å²) in [5, 5.41) is 6.82. The fourth-order valence-electron chi connectivity index (χ4n) is 2.21. The molecule has 0 aliphatic carbocycles. The number of thiazole rings is 1. The number of hydrogen-bond donors (Lipinski definition) is 1. The molecule has 0 saturated heterocycles. The predicted octanol–water partition coefficient (Wildman–Crippen LogP) is 4.47. The lowest BCUT2D eigenvalue weighted by molar-refractivity contribution is 0.492. The number of nitrogens with zero attached hydrogens (tertiary/aromatic N) is 2. The van der Waals surface area contributed by atoms with Crippen LogP contribution in [0.4, 0.5) is 0 Å². The van der Waals surface area contributed by atoms with Crippen molar-refractivity contribution in [3.05, 3.63) is 45.4 Å². The van der Waals surface area contributed by atoms with Crippen molar-refractivity contribution in [1.82, 2.24) is 15.3 Å². The van der Waals surface area contributed by atoms with Crippen molar-refractivity contribution in [2.75, 3.05) is 0 Å². The van der Waals surface area contributed by atoms with Crippen LogP contribution in [0, 0.1) is 6.92 Å². The van der Waals surface area contributed by atoms with Gasteiger partial charge in [-0.2, -0.15) is 0 Å². The smallest absolute Gasteiger partial charge is 0.109 e. The van der Waals surface area contributed by atoms with Crippen LogP contribution < -0.4 is 5.32 Å². The van der Waals surface area contributed by atoms with Gasteiger partial charge in [0.25, 0.3) is 0 Å². The van der Waals surface area contributed by atoms with Gasteiger partial charge in [-0.3, -0.25) is 4.98 Å². The number of thiophene rings is 1. The van der Waals surface area contributed by atoms with Crippen LogP contribution in [0.5, 0.6) is 0 Å². The number of nitrogens with one attached hydrogen (secondary N) is 1. The molecule has 0 saturated carbocycles. The quantitative estimate of drug-likeness (QED) is 0.772. The summed E-state index contributed by atoms with van der Waals surface area (Å²) in [6.45, 7) is 6.42. The second kappa shape index (κ2) is 5.60. The Morgan fingerprint density at radius 1 is 1.15 bits per heavy atom. The molecule has 0 fully saturated rings. The van der Waals surface area contributed by atoms with Crippen LogP contribution >= 0.6 is 22.7 Å². The fourth-order valence-corrected chi connectivity index (χ4v) is 3.79. The summed E-state index contributed by atoms with van der Waals surface area (Å²) in [6.07, 6.45) is 3.90. The van der Waals surface area contributed by atoms with Crippen molar-refractivity contribution < 1.29 is 0 Å². The topological polar surface area (TPSA) is 37.8 Å². The Morgan fingerprint density at radius 3 is 2.75 bits per heavy atom. The number of aryl methyl sites for hydroxylation is 1. The van der Waals surface area contributed by atoms with Gasteiger partial charge < -0.3 is 5.32 Å². The van der Waals surface area contributed by atoms with Crippen LogP contribution in [0.25, 0.3) is 10.2 Å². The number of hydrogen-bond acceptors (Lipinski definition) is 5. The van der Waals surface area contributed by atoms with Gasteiger partial charge in [-0.1, -0.05) is 0 Å². The SMILES string of the molecule is Cc1cnc(C(C)NC(C)c2cnc3ccsc3c2)s1. The van der Waals surface area contributed by atoms with Crippen molar-refractivity contribution in [3.63, 3.8) is 0 Å². The van der Waals surface area contributed by atoms with Crippen molar-refractivity contribution in [2.45, 2.75) is 32.9 Å². The molecular formula is C15H17N3S2. The summed E-state index contributed by atoms with van der Waals surface area (Å²) in [7, 11) is 0. The highest BCUT2D eigenvalue weighted by atomic mass is 32.1. The second-order valence-electron chi connectivity index (χ2n) is 4.99. The molecule has 2 atom stereocenters. The van der Waals surface area contributed by atoms with E-state index in [2.05, 4.69) is 53.6 Å². The third kappa shape index (κ3) is 2.75. The maximum Gasteiger partial charge on any atom is 0.109 e. The van der Waals surface area contributed by atoms with E-state index < -0.39 is 0 Å². The maximum absolute atomic E-state index is 4.50. The van der Waals surface area contributed by atoms with E-state index in [9.17, 15) is 0 Å². The van der Waals surface area contributed by atoms with E-state index in [0.29, 0.717) is 0 Å². The van der Waals surface area contributed by atoms with E-state index in [4.69, 9.17) is 0 Å². The lowest BCUT2D eigenvalue weighted by atomic mass is 10.1. The van der Waals surface area contributed by atoms with Gasteiger partial charge >= 0.3 is 0 Å². The summed E-state index contributed by atoms with van der Waals surface area (Å²) in [5.41, 5.74) is 2.30. The lowest BCUT2D eigenvalue weighted by Crippen LogP contribution is -2.22. The average Bonchev–Trinajstić information content (AvgIpc) is 3.05. The molecular weight excluding hydrogens is 286 g/mol. The number of rotatable bonds is 4. The molecule has 3 aromatic rings. The minimum atomic E-state index is 0.253. The Labute approximate surface area is 126 Å². The molecule has 0 spiro atoms. The van der Waals surface area contributed by atoms with E-state index in [0.717, 1.165) is 10.5 Å². The molecule has 0 aromatic carbocycles. The minimum Gasteiger partial charge on any atom is -0.301 e. The minimum absolute atomic E-state index is 0.253. The number of aromatic nitrogens is 2.